The molecule has 0 saturated carbocycles. The molecule has 0 aromatic rings. The number of ether oxygens (including phenoxy) is 1. The predicted molar refractivity (Wildman–Crippen MR) is 79.0 cm³/mol. The highest BCUT2D eigenvalue weighted by molar-refractivity contribution is 5.73. The average Bonchev–Trinajstić information content (AvgIpc) is 2.40. The van der Waals surface area contributed by atoms with Crippen molar-refractivity contribution in [1.29, 1.82) is 0 Å². The molecule has 0 fully saturated rings. The number of esters is 1. The summed E-state index contributed by atoms with van der Waals surface area (Å²) < 4.78 is 5.31. The molecule has 0 bridgehead atoms. The van der Waals surface area contributed by atoms with E-state index in [9.17, 15) is 9.90 Å². The summed E-state index contributed by atoms with van der Waals surface area (Å²) in [5.41, 5.74) is 0. The van der Waals surface area contributed by atoms with Crippen LogP contribution >= 0.6 is 0 Å². The van der Waals surface area contributed by atoms with Gasteiger partial charge in [0.1, 0.15) is 0 Å². The minimum Gasteiger partial charge on any atom is -0.465 e. The molecule has 0 aromatic carbocycles. The van der Waals surface area contributed by atoms with Crippen LogP contribution < -0.4 is 0 Å². The molecule has 2 unspecified atom stereocenters. The average molecular weight is 272 g/mol. The Morgan fingerprint density at radius 3 is 2.16 bits per heavy atom. The first-order valence-electron chi connectivity index (χ1n) is 8.01. The number of aliphatic hydroxyl groups is 1. The Bertz CT molecular complexity index is 216. The van der Waals surface area contributed by atoms with Crippen molar-refractivity contribution < 1.29 is 14.6 Å². The van der Waals surface area contributed by atoms with Gasteiger partial charge < -0.3 is 9.84 Å². The number of hydrogen-bond donors (Lipinski definition) is 1. The molecule has 0 saturated heterocycles. The van der Waals surface area contributed by atoms with Gasteiger partial charge >= 0.3 is 5.97 Å². The van der Waals surface area contributed by atoms with Crippen molar-refractivity contribution in [3.63, 3.8) is 0 Å². The highest BCUT2D eigenvalue weighted by Crippen LogP contribution is 2.18. The van der Waals surface area contributed by atoms with E-state index in [4.69, 9.17) is 4.74 Å². The standard InChI is InChI=1S/C16H32O3/c1-4-7-8-9-10-13-19-16(18)14(11-5-2)15(17)12-6-3/h14-15,17H,4-13H2,1-3H3. The zero-order valence-electron chi connectivity index (χ0n) is 13.0. The number of aliphatic hydroxyl groups excluding tert-OH is 1. The zero-order valence-corrected chi connectivity index (χ0v) is 13.0. The molecule has 0 spiro atoms. The van der Waals surface area contributed by atoms with Gasteiger partial charge in [-0.25, -0.2) is 0 Å². The highest BCUT2D eigenvalue weighted by atomic mass is 16.5. The zero-order chi connectivity index (χ0) is 14.5. The van der Waals surface area contributed by atoms with Crippen LogP contribution in [0.2, 0.25) is 0 Å². The molecule has 3 heteroatoms. The van der Waals surface area contributed by atoms with Gasteiger partial charge in [0.15, 0.2) is 0 Å². The van der Waals surface area contributed by atoms with Crippen LogP contribution in [0.5, 0.6) is 0 Å². The maximum absolute atomic E-state index is 12.0. The van der Waals surface area contributed by atoms with E-state index in [2.05, 4.69) is 6.92 Å². The van der Waals surface area contributed by atoms with Crippen LogP contribution in [-0.2, 0) is 9.53 Å². The van der Waals surface area contributed by atoms with Gasteiger partial charge in [-0.05, 0) is 19.3 Å². The molecule has 2 atom stereocenters. The molecule has 0 radical (unpaired) electrons. The smallest absolute Gasteiger partial charge is 0.311 e. The third-order valence-corrected chi connectivity index (χ3v) is 3.44. The quantitative estimate of drug-likeness (QED) is 0.430. The number of carbonyl (C=O) groups excluding carboxylic acids is 1. The lowest BCUT2D eigenvalue weighted by Crippen LogP contribution is -2.30. The number of hydrogen-bond acceptors (Lipinski definition) is 3. The van der Waals surface area contributed by atoms with Crippen molar-refractivity contribution in [2.45, 2.75) is 84.7 Å². The summed E-state index contributed by atoms with van der Waals surface area (Å²) in [5.74, 6) is -0.543. The van der Waals surface area contributed by atoms with Gasteiger partial charge in [-0.1, -0.05) is 59.3 Å². The number of carbonyl (C=O) groups is 1. The molecule has 3 nitrogen and oxygen atoms in total. The van der Waals surface area contributed by atoms with Gasteiger partial charge in [0, 0.05) is 0 Å². The summed E-state index contributed by atoms with van der Waals surface area (Å²) in [4.78, 5) is 12.0. The van der Waals surface area contributed by atoms with E-state index in [-0.39, 0.29) is 11.9 Å². The van der Waals surface area contributed by atoms with Crippen LogP contribution in [0.3, 0.4) is 0 Å². The summed E-state index contributed by atoms with van der Waals surface area (Å²) in [6.07, 6.45) is 8.39. The highest BCUT2D eigenvalue weighted by Gasteiger charge is 2.26. The van der Waals surface area contributed by atoms with Gasteiger partial charge in [-0.15, -0.1) is 0 Å². The van der Waals surface area contributed by atoms with E-state index in [0.717, 1.165) is 32.1 Å². The van der Waals surface area contributed by atoms with Gasteiger partial charge in [-0.2, -0.15) is 0 Å². The maximum atomic E-state index is 12.0. The van der Waals surface area contributed by atoms with Crippen LogP contribution in [0.15, 0.2) is 0 Å². The van der Waals surface area contributed by atoms with E-state index < -0.39 is 6.10 Å². The van der Waals surface area contributed by atoms with Gasteiger partial charge in [0.05, 0.1) is 18.6 Å². The van der Waals surface area contributed by atoms with Crippen LogP contribution in [-0.4, -0.2) is 23.8 Å². The first kappa shape index (κ1) is 18.4. The van der Waals surface area contributed by atoms with E-state index in [1.165, 1.54) is 19.3 Å². The topological polar surface area (TPSA) is 46.5 Å². The fourth-order valence-electron chi connectivity index (χ4n) is 2.26. The second-order valence-corrected chi connectivity index (χ2v) is 5.33. The molecule has 0 aliphatic heterocycles. The SMILES string of the molecule is CCCCCCCOC(=O)C(CCC)C(O)CCC. The van der Waals surface area contributed by atoms with Crippen molar-refractivity contribution in [3.05, 3.63) is 0 Å². The lowest BCUT2D eigenvalue weighted by atomic mass is 9.94. The summed E-state index contributed by atoms with van der Waals surface area (Å²) in [5, 5.41) is 9.98. The van der Waals surface area contributed by atoms with Crippen LogP contribution in [0, 0.1) is 5.92 Å². The fraction of sp³-hybridized carbons (Fsp3) is 0.938. The van der Waals surface area contributed by atoms with E-state index in [0.29, 0.717) is 13.0 Å². The van der Waals surface area contributed by atoms with Crippen LogP contribution in [0.25, 0.3) is 0 Å². The summed E-state index contributed by atoms with van der Waals surface area (Å²) in [6, 6.07) is 0. The van der Waals surface area contributed by atoms with Gasteiger partial charge in [-0.3, -0.25) is 4.79 Å². The summed E-state index contributed by atoms with van der Waals surface area (Å²) in [6.45, 7) is 6.74. The first-order chi connectivity index (χ1) is 9.17. The van der Waals surface area contributed by atoms with Crippen molar-refractivity contribution in [1.82, 2.24) is 0 Å². The largest absolute Gasteiger partial charge is 0.465 e. The minimum absolute atomic E-state index is 0.210. The summed E-state index contributed by atoms with van der Waals surface area (Å²) >= 11 is 0. The Labute approximate surface area is 118 Å². The van der Waals surface area contributed by atoms with Gasteiger partial charge in [0.25, 0.3) is 0 Å². The molecule has 0 aliphatic rings. The molecule has 114 valence electrons. The monoisotopic (exact) mass is 272 g/mol. The lowest BCUT2D eigenvalue weighted by Gasteiger charge is -2.20. The molecule has 19 heavy (non-hydrogen) atoms. The molecule has 1 N–H and O–H groups in total. The van der Waals surface area contributed by atoms with Gasteiger partial charge in [0.2, 0.25) is 0 Å². The second kappa shape index (κ2) is 12.5. The minimum atomic E-state index is -0.544. The lowest BCUT2D eigenvalue weighted by molar-refractivity contribution is -0.153. The summed E-state index contributed by atoms with van der Waals surface area (Å²) in [7, 11) is 0. The fourth-order valence-corrected chi connectivity index (χ4v) is 2.26. The number of rotatable bonds is 12. The second-order valence-electron chi connectivity index (χ2n) is 5.33. The molecule has 0 aliphatic carbocycles. The van der Waals surface area contributed by atoms with Crippen molar-refractivity contribution in [2.24, 2.45) is 5.92 Å². The van der Waals surface area contributed by atoms with E-state index in [1.54, 1.807) is 0 Å². The van der Waals surface area contributed by atoms with Crippen LogP contribution in [0.4, 0.5) is 0 Å². The normalized spacial score (nSPS) is 14.1. The Kier molecular flexibility index (Phi) is 12.1. The van der Waals surface area contributed by atoms with Crippen molar-refractivity contribution in [3.8, 4) is 0 Å². The third kappa shape index (κ3) is 9.04. The Hall–Kier alpha value is -0.570. The van der Waals surface area contributed by atoms with E-state index in [1.807, 2.05) is 13.8 Å². The maximum Gasteiger partial charge on any atom is 0.311 e. The molecule has 0 amide bonds. The third-order valence-electron chi connectivity index (χ3n) is 3.44. The molecular formula is C16H32O3. The Morgan fingerprint density at radius 2 is 1.58 bits per heavy atom. The molecular weight excluding hydrogens is 240 g/mol. The first-order valence-corrected chi connectivity index (χ1v) is 8.01. The number of unbranched alkanes of at least 4 members (excludes halogenated alkanes) is 4. The van der Waals surface area contributed by atoms with Crippen LogP contribution in [0.1, 0.15) is 78.6 Å². The molecule has 0 rings (SSSR count). The van der Waals surface area contributed by atoms with Crippen molar-refractivity contribution in [2.75, 3.05) is 6.61 Å². The van der Waals surface area contributed by atoms with E-state index >= 15 is 0 Å². The Balaban J connectivity index is 3.90. The predicted octanol–water partition coefficient (Wildman–Crippen LogP) is 4.08. The Morgan fingerprint density at radius 1 is 0.947 bits per heavy atom. The molecule has 0 aromatic heterocycles. The van der Waals surface area contributed by atoms with Crippen molar-refractivity contribution >= 4 is 5.97 Å². The molecule has 0 heterocycles.